The van der Waals surface area contributed by atoms with Gasteiger partial charge in [0.15, 0.2) is 0 Å². The van der Waals surface area contributed by atoms with Gasteiger partial charge in [0.2, 0.25) is 0 Å². The number of nitrogens with zero attached hydrogens (tertiary/aromatic N) is 2. The second-order valence-electron chi connectivity index (χ2n) is 8.32. The van der Waals surface area contributed by atoms with Gasteiger partial charge in [0.25, 0.3) is 0 Å². The van der Waals surface area contributed by atoms with E-state index in [1.165, 1.54) is 5.56 Å². The molecule has 0 aromatic heterocycles. The van der Waals surface area contributed by atoms with Crippen LogP contribution in [0.5, 0.6) is 5.75 Å². The van der Waals surface area contributed by atoms with Crippen LogP contribution in [-0.2, 0) is 9.59 Å². The number of likely N-dealkylation sites (tertiary alicyclic amines) is 1. The summed E-state index contributed by atoms with van der Waals surface area (Å²) >= 11 is 0. The second kappa shape index (κ2) is 7.15. The van der Waals surface area contributed by atoms with Crippen molar-refractivity contribution in [3.8, 4) is 5.75 Å². The monoisotopic (exact) mass is 371 g/mol. The van der Waals surface area contributed by atoms with Crippen molar-refractivity contribution in [2.45, 2.75) is 50.7 Å². The van der Waals surface area contributed by atoms with Gasteiger partial charge in [-0.2, -0.15) is 0 Å². The van der Waals surface area contributed by atoms with E-state index in [1.807, 2.05) is 30.9 Å². The molecule has 2 amide bonds. The van der Waals surface area contributed by atoms with Gasteiger partial charge in [-0.25, -0.2) is 0 Å². The standard InChI is InChI=1S/C21H29N3O3/c1-13(2)22-20(25)21(26)24-12-17(14-4-6-16(27-3)7-5-14)19-18(24)15-8-10-23(19)11-9-15/h4-7,13,15,17-19H,8-12H2,1-3H3,(H,22,25)/t17-,18+,19+/m1/s1. The Kier molecular flexibility index (Phi) is 4.84. The molecule has 146 valence electrons. The zero-order chi connectivity index (χ0) is 19.1. The SMILES string of the molecule is COc1ccc([C@H]2CN(C(=O)C(=O)NC(C)C)[C@H]3C4CCN(CC4)[C@@H]23)cc1. The highest BCUT2D eigenvalue weighted by Gasteiger charge is 2.55. The fourth-order valence-electron chi connectivity index (χ4n) is 5.25. The number of piperidine rings is 3. The van der Waals surface area contributed by atoms with Gasteiger partial charge >= 0.3 is 11.8 Å². The van der Waals surface area contributed by atoms with Crippen LogP contribution in [0.4, 0.5) is 0 Å². The Hall–Kier alpha value is -2.08. The van der Waals surface area contributed by atoms with Crippen molar-refractivity contribution in [2.75, 3.05) is 26.7 Å². The van der Waals surface area contributed by atoms with Crippen molar-refractivity contribution in [3.05, 3.63) is 29.8 Å². The van der Waals surface area contributed by atoms with Crippen LogP contribution in [0.25, 0.3) is 0 Å². The van der Waals surface area contributed by atoms with Crippen LogP contribution >= 0.6 is 0 Å². The van der Waals surface area contributed by atoms with E-state index in [4.69, 9.17) is 4.74 Å². The van der Waals surface area contributed by atoms with Crippen LogP contribution in [0.2, 0.25) is 0 Å². The number of carbonyl (C=O) groups excluding carboxylic acids is 2. The zero-order valence-electron chi connectivity index (χ0n) is 16.4. The molecule has 4 aliphatic rings. The third-order valence-electron chi connectivity index (χ3n) is 6.41. The molecule has 4 aliphatic heterocycles. The van der Waals surface area contributed by atoms with Crippen molar-refractivity contribution >= 4 is 11.8 Å². The largest absolute Gasteiger partial charge is 0.497 e. The van der Waals surface area contributed by atoms with Gasteiger partial charge in [0.05, 0.1) is 13.2 Å². The first-order valence-corrected chi connectivity index (χ1v) is 9.99. The fourth-order valence-corrected chi connectivity index (χ4v) is 5.25. The average molecular weight is 371 g/mol. The van der Waals surface area contributed by atoms with E-state index in [1.54, 1.807) is 7.11 Å². The van der Waals surface area contributed by atoms with Crippen molar-refractivity contribution < 1.29 is 14.3 Å². The molecule has 5 rings (SSSR count). The molecule has 0 unspecified atom stereocenters. The maximum Gasteiger partial charge on any atom is 0.312 e. The number of hydrogen-bond donors (Lipinski definition) is 1. The van der Waals surface area contributed by atoms with Crippen LogP contribution in [0.1, 0.15) is 38.2 Å². The molecule has 1 N–H and O–H groups in total. The molecule has 6 nitrogen and oxygen atoms in total. The number of rotatable bonds is 3. The Balaban J connectivity index is 1.63. The molecule has 2 bridgehead atoms. The normalized spacial score (nSPS) is 31.7. The number of benzene rings is 1. The first-order chi connectivity index (χ1) is 13.0. The molecule has 27 heavy (non-hydrogen) atoms. The maximum atomic E-state index is 13.0. The minimum absolute atomic E-state index is 0.0382. The average Bonchev–Trinajstić information content (AvgIpc) is 3.10. The van der Waals surface area contributed by atoms with Crippen LogP contribution in [-0.4, -0.2) is 66.5 Å². The Morgan fingerprint density at radius 2 is 1.78 bits per heavy atom. The molecule has 0 radical (unpaired) electrons. The van der Waals surface area contributed by atoms with Crippen LogP contribution in [0, 0.1) is 5.92 Å². The van der Waals surface area contributed by atoms with Crippen molar-refractivity contribution in [2.24, 2.45) is 5.92 Å². The highest BCUT2D eigenvalue weighted by molar-refractivity contribution is 6.35. The number of carbonyl (C=O) groups is 2. The first kappa shape index (κ1) is 18.3. The van der Waals surface area contributed by atoms with Gasteiger partial charge in [0.1, 0.15) is 5.75 Å². The Labute approximate surface area is 160 Å². The number of methoxy groups -OCH3 is 1. The van der Waals surface area contributed by atoms with Crippen LogP contribution in [0.3, 0.4) is 0 Å². The lowest BCUT2D eigenvalue weighted by atomic mass is 9.75. The second-order valence-corrected chi connectivity index (χ2v) is 8.32. The number of amides is 2. The first-order valence-electron chi connectivity index (χ1n) is 9.99. The molecule has 4 heterocycles. The van der Waals surface area contributed by atoms with Gasteiger partial charge in [-0.15, -0.1) is 0 Å². The van der Waals surface area contributed by atoms with Gasteiger partial charge in [-0.05, 0) is 63.4 Å². The van der Waals surface area contributed by atoms with E-state index in [0.29, 0.717) is 18.5 Å². The Bertz CT molecular complexity index is 710. The lowest BCUT2D eigenvalue weighted by molar-refractivity contribution is -0.149. The summed E-state index contributed by atoms with van der Waals surface area (Å²) in [5.41, 5.74) is 1.22. The molecule has 4 fully saturated rings. The van der Waals surface area contributed by atoms with Gasteiger partial charge < -0.3 is 15.0 Å². The van der Waals surface area contributed by atoms with Gasteiger partial charge in [-0.3, -0.25) is 14.5 Å². The minimum atomic E-state index is -0.476. The summed E-state index contributed by atoms with van der Waals surface area (Å²) in [6.07, 6.45) is 2.23. The molecule has 6 heteroatoms. The molecular weight excluding hydrogens is 342 g/mol. The summed E-state index contributed by atoms with van der Waals surface area (Å²) < 4.78 is 5.29. The predicted octanol–water partition coefficient (Wildman–Crippen LogP) is 1.61. The van der Waals surface area contributed by atoms with Gasteiger partial charge in [-0.1, -0.05) is 12.1 Å². The topological polar surface area (TPSA) is 61.9 Å². The van der Waals surface area contributed by atoms with E-state index in [-0.39, 0.29) is 23.9 Å². The van der Waals surface area contributed by atoms with E-state index < -0.39 is 5.91 Å². The van der Waals surface area contributed by atoms with Crippen molar-refractivity contribution in [3.63, 3.8) is 0 Å². The molecule has 1 aromatic carbocycles. The minimum Gasteiger partial charge on any atom is -0.497 e. The molecular formula is C21H29N3O3. The predicted molar refractivity (Wildman–Crippen MR) is 103 cm³/mol. The molecule has 0 spiro atoms. The summed E-state index contributed by atoms with van der Waals surface area (Å²) in [5.74, 6) is 0.723. The van der Waals surface area contributed by atoms with E-state index in [9.17, 15) is 9.59 Å². The Morgan fingerprint density at radius 1 is 1.11 bits per heavy atom. The summed E-state index contributed by atoms with van der Waals surface area (Å²) in [6, 6.07) is 8.58. The maximum absolute atomic E-state index is 13.0. The molecule has 4 saturated heterocycles. The van der Waals surface area contributed by atoms with Crippen molar-refractivity contribution in [1.82, 2.24) is 15.1 Å². The highest BCUT2D eigenvalue weighted by atomic mass is 16.5. The highest BCUT2D eigenvalue weighted by Crippen LogP contribution is 2.46. The smallest absolute Gasteiger partial charge is 0.312 e. The number of fused-ring (bicyclic) bond motifs is 2. The van der Waals surface area contributed by atoms with Crippen LogP contribution in [0.15, 0.2) is 24.3 Å². The van der Waals surface area contributed by atoms with E-state index in [0.717, 1.165) is 31.7 Å². The van der Waals surface area contributed by atoms with Crippen molar-refractivity contribution in [1.29, 1.82) is 0 Å². The lowest BCUT2D eigenvalue weighted by Crippen LogP contribution is -2.61. The quantitative estimate of drug-likeness (QED) is 0.820. The summed E-state index contributed by atoms with van der Waals surface area (Å²) in [5, 5.41) is 2.77. The van der Waals surface area contributed by atoms with Crippen LogP contribution < -0.4 is 10.1 Å². The molecule has 1 aromatic rings. The lowest BCUT2D eigenvalue weighted by Gasteiger charge is -2.51. The van der Waals surface area contributed by atoms with Gasteiger partial charge in [0, 0.05) is 24.5 Å². The summed E-state index contributed by atoms with van der Waals surface area (Å²) in [6.45, 7) is 6.56. The fraction of sp³-hybridized carbons (Fsp3) is 0.619. The summed E-state index contributed by atoms with van der Waals surface area (Å²) in [4.78, 5) is 29.8. The third kappa shape index (κ3) is 3.20. The number of hydrogen-bond acceptors (Lipinski definition) is 4. The molecule has 0 aliphatic carbocycles. The summed E-state index contributed by atoms with van der Waals surface area (Å²) in [7, 11) is 1.67. The zero-order valence-corrected chi connectivity index (χ0v) is 16.4. The third-order valence-corrected chi connectivity index (χ3v) is 6.41. The number of nitrogens with one attached hydrogen (secondary N) is 1. The Morgan fingerprint density at radius 3 is 2.37 bits per heavy atom. The van der Waals surface area contributed by atoms with E-state index >= 15 is 0 Å². The molecule has 0 saturated carbocycles. The van der Waals surface area contributed by atoms with E-state index in [2.05, 4.69) is 22.3 Å². The molecule has 3 atom stereocenters. The number of ether oxygens (including phenoxy) is 1.